The predicted octanol–water partition coefficient (Wildman–Crippen LogP) is 2.92. The second-order valence-corrected chi connectivity index (χ2v) is 4.85. The van der Waals surface area contributed by atoms with Crippen molar-refractivity contribution in [2.24, 2.45) is 7.05 Å². The van der Waals surface area contributed by atoms with Crippen LogP contribution in [0.2, 0.25) is 0 Å². The van der Waals surface area contributed by atoms with Gasteiger partial charge >= 0.3 is 0 Å². The molecule has 1 atom stereocenters. The number of halogens is 1. The Balaban J connectivity index is 2.18. The fraction of sp³-hybridized carbons (Fsp3) is 0.267. The molecule has 1 aromatic carbocycles. The van der Waals surface area contributed by atoms with E-state index in [9.17, 15) is 4.39 Å². The van der Waals surface area contributed by atoms with Crippen molar-refractivity contribution in [3.05, 3.63) is 53.6 Å². The summed E-state index contributed by atoms with van der Waals surface area (Å²) in [4.78, 5) is 4.36. The van der Waals surface area contributed by atoms with Crippen molar-refractivity contribution in [3.8, 4) is 0 Å². The summed E-state index contributed by atoms with van der Waals surface area (Å²) in [7, 11) is 3.79. The molecule has 0 saturated heterocycles. The Bertz CT molecular complexity index is 760. The lowest BCUT2D eigenvalue weighted by Gasteiger charge is -2.14. The Morgan fingerprint density at radius 2 is 2.20 bits per heavy atom. The van der Waals surface area contributed by atoms with Gasteiger partial charge < -0.3 is 14.3 Å². The third-order valence-electron chi connectivity index (χ3n) is 3.60. The predicted molar refractivity (Wildman–Crippen MR) is 75.0 cm³/mol. The number of aryl methyl sites for hydroxylation is 2. The van der Waals surface area contributed by atoms with E-state index in [0.29, 0.717) is 5.58 Å². The highest BCUT2D eigenvalue weighted by Crippen LogP contribution is 2.32. The van der Waals surface area contributed by atoms with Crippen LogP contribution >= 0.6 is 0 Å². The van der Waals surface area contributed by atoms with Crippen molar-refractivity contribution in [1.29, 1.82) is 0 Å². The molecule has 20 heavy (non-hydrogen) atoms. The highest BCUT2D eigenvalue weighted by Gasteiger charge is 2.23. The molecule has 0 spiro atoms. The average Bonchev–Trinajstić information content (AvgIpc) is 2.98. The number of hydrogen-bond donors (Lipinski definition) is 1. The molecular weight excluding hydrogens is 257 g/mol. The van der Waals surface area contributed by atoms with E-state index >= 15 is 0 Å². The van der Waals surface area contributed by atoms with E-state index in [1.54, 1.807) is 12.3 Å². The van der Waals surface area contributed by atoms with Gasteiger partial charge in [-0.1, -0.05) is 0 Å². The van der Waals surface area contributed by atoms with Crippen LogP contribution in [0.15, 0.2) is 35.0 Å². The molecule has 0 radical (unpaired) electrons. The maximum Gasteiger partial charge on any atom is 0.134 e. The van der Waals surface area contributed by atoms with E-state index in [-0.39, 0.29) is 11.9 Å². The highest BCUT2D eigenvalue weighted by atomic mass is 19.1. The summed E-state index contributed by atoms with van der Waals surface area (Å²) in [5.74, 6) is 1.36. The number of nitrogens with one attached hydrogen (secondary N) is 1. The minimum absolute atomic E-state index is 0.162. The quantitative estimate of drug-likeness (QED) is 0.798. The summed E-state index contributed by atoms with van der Waals surface area (Å²) in [6.45, 7) is 1.94. The van der Waals surface area contributed by atoms with Gasteiger partial charge in [0.2, 0.25) is 0 Å². The SMILES string of the molecule is CNC(c1oc2ccc(F)cc2c1C)c1nccn1C. The van der Waals surface area contributed by atoms with Gasteiger partial charge in [-0.05, 0) is 32.2 Å². The van der Waals surface area contributed by atoms with Crippen molar-refractivity contribution in [3.63, 3.8) is 0 Å². The normalized spacial score (nSPS) is 13.0. The van der Waals surface area contributed by atoms with Crippen LogP contribution in [-0.2, 0) is 7.05 Å². The smallest absolute Gasteiger partial charge is 0.134 e. The lowest BCUT2D eigenvalue weighted by Crippen LogP contribution is -2.21. The third-order valence-corrected chi connectivity index (χ3v) is 3.60. The zero-order valence-electron chi connectivity index (χ0n) is 11.6. The van der Waals surface area contributed by atoms with Gasteiger partial charge in [-0.2, -0.15) is 0 Å². The van der Waals surface area contributed by atoms with Crippen LogP contribution in [0.4, 0.5) is 4.39 Å². The number of rotatable bonds is 3. The lowest BCUT2D eigenvalue weighted by atomic mass is 10.1. The molecule has 0 bridgehead atoms. The summed E-state index contributed by atoms with van der Waals surface area (Å²) >= 11 is 0. The fourth-order valence-corrected chi connectivity index (χ4v) is 2.52. The number of fused-ring (bicyclic) bond motifs is 1. The van der Waals surface area contributed by atoms with E-state index in [1.807, 2.05) is 31.8 Å². The zero-order valence-corrected chi connectivity index (χ0v) is 11.6. The first-order chi connectivity index (χ1) is 9.61. The molecule has 4 nitrogen and oxygen atoms in total. The molecule has 0 saturated carbocycles. The molecule has 2 aromatic heterocycles. The first kappa shape index (κ1) is 12.9. The van der Waals surface area contributed by atoms with E-state index in [4.69, 9.17) is 4.42 Å². The van der Waals surface area contributed by atoms with Crippen molar-refractivity contribution in [1.82, 2.24) is 14.9 Å². The Hall–Kier alpha value is -2.14. The molecule has 3 aromatic rings. The molecule has 5 heteroatoms. The van der Waals surface area contributed by atoms with E-state index in [1.165, 1.54) is 12.1 Å². The first-order valence-electron chi connectivity index (χ1n) is 6.45. The first-order valence-corrected chi connectivity index (χ1v) is 6.45. The maximum atomic E-state index is 13.4. The van der Waals surface area contributed by atoms with Crippen molar-refractivity contribution in [2.75, 3.05) is 7.05 Å². The summed E-state index contributed by atoms with van der Waals surface area (Å²) in [5.41, 5.74) is 1.62. The van der Waals surface area contributed by atoms with Crippen molar-refractivity contribution in [2.45, 2.75) is 13.0 Å². The Morgan fingerprint density at radius 3 is 2.85 bits per heavy atom. The summed E-state index contributed by atoms with van der Waals surface area (Å²) in [6.07, 6.45) is 3.63. The number of nitrogens with zero attached hydrogens (tertiary/aromatic N) is 2. The molecule has 0 amide bonds. The van der Waals surface area contributed by atoms with Gasteiger partial charge in [0.05, 0.1) is 0 Å². The van der Waals surface area contributed by atoms with Crippen LogP contribution in [0.3, 0.4) is 0 Å². The van der Waals surface area contributed by atoms with Gasteiger partial charge in [0.25, 0.3) is 0 Å². The Kier molecular flexibility index (Phi) is 3.06. The minimum Gasteiger partial charge on any atom is -0.459 e. The second kappa shape index (κ2) is 4.76. The maximum absolute atomic E-state index is 13.4. The largest absolute Gasteiger partial charge is 0.459 e. The molecule has 0 fully saturated rings. The van der Waals surface area contributed by atoms with Crippen LogP contribution in [0, 0.1) is 12.7 Å². The van der Waals surface area contributed by atoms with Crippen molar-refractivity contribution >= 4 is 11.0 Å². The van der Waals surface area contributed by atoms with Crippen LogP contribution in [-0.4, -0.2) is 16.6 Å². The Morgan fingerprint density at radius 1 is 1.40 bits per heavy atom. The molecule has 0 aliphatic rings. The van der Waals surface area contributed by atoms with Crippen LogP contribution in [0.5, 0.6) is 0 Å². The van der Waals surface area contributed by atoms with Gasteiger partial charge in [-0.25, -0.2) is 9.37 Å². The fourth-order valence-electron chi connectivity index (χ4n) is 2.52. The molecule has 1 unspecified atom stereocenters. The second-order valence-electron chi connectivity index (χ2n) is 4.85. The molecular formula is C15H16FN3O. The molecule has 104 valence electrons. The highest BCUT2D eigenvalue weighted by molar-refractivity contribution is 5.82. The number of furan rings is 1. The monoisotopic (exact) mass is 273 g/mol. The van der Waals surface area contributed by atoms with Gasteiger partial charge in [0.15, 0.2) is 0 Å². The molecule has 0 aliphatic heterocycles. The number of imidazole rings is 1. The summed E-state index contributed by atoms with van der Waals surface area (Å²) in [5, 5.41) is 4.01. The van der Waals surface area contributed by atoms with Crippen LogP contribution in [0.25, 0.3) is 11.0 Å². The summed E-state index contributed by atoms with van der Waals surface area (Å²) in [6, 6.07) is 4.41. The lowest BCUT2D eigenvalue weighted by molar-refractivity contribution is 0.468. The van der Waals surface area contributed by atoms with Crippen LogP contribution < -0.4 is 5.32 Å². The van der Waals surface area contributed by atoms with Gasteiger partial charge in [-0.3, -0.25) is 0 Å². The topological polar surface area (TPSA) is 43.0 Å². The molecule has 0 aliphatic carbocycles. The third kappa shape index (κ3) is 1.91. The van der Waals surface area contributed by atoms with Crippen LogP contribution in [0.1, 0.15) is 23.2 Å². The summed E-state index contributed by atoms with van der Waals surface area (Å²) < 4.78 is 21.2. The van der Waals surface area contributed by atoms with Crippen molar-refractivity contribution < 1.29 is 8.81 Å². The van der Waals surface area contributed by atoms with E-state index < -0.39 is 0 Å². The standard InChI is InChI=1S/C15H16FN3O/c1-9-11-8-10(16)4-5-12(11)20-14(9)13(17-2)15-18-6-7-19(15)3/h4-8,13,17H,1-3H3. The molecule has 3 rings (SSSR count). The number of benzene rings is 1. The van der Waals surface area contributed by atoms with E-state index in [2.05, 4.69) is 10.3 Å². The van der Waals surface area contributed by atoms with Gasteiger partial charge in [0.1, 0.15) is 29.0 Å². The number of hydrogen-bond acceptors (Lipinski definition) is 3. The number of aromatic nitrogens is 2. The minimum atomic E-state index is -0.258. The molecule has 1 N–H and O–H groups in total. The average molecular weight is 273 g/mol. The van der Waals surface area contributed by atoms with Gasteiger partial charge in [-0.15, -0.1) is 0 Å². The van der Waals surface area contributed by atoms with Gasteiger partial charge in [0, 0.05) is 30.4 Å². The molecule has 2 heterocycles. The van der Waals surface area contributed by atoms with E-state index in [0.717, 1.165) is 22.5 Å². The Labute approximate surface area is 116 Å². The zero-order chi connectivity index (χ0) is 14.3.